The number of rotatable bonds is 6. The van der Waals surface area contributed by atoms with Crippen LogP contribution in [0.3, 0.4) is 0 Å². The van der Waals surface area contributed by atoms with Crippen LogP contribution in [-0.2, 0) is 4.79 Å². The Morgan fingerprint density at radius 3 is 2.56 bits per heavy atom. The van der Waals surface area contributed by atoms with Gasteiger partial charge in [-0.2, -0.15) is 0 Å². The van der Waals surface area contributed by atoms with Gasteiger partial charge < -0.3 is 14.8 Å². The van der Waals surface area contributed by atoms with E-state index in [0.717, 1.165) is 6.42 Å². The second-order valence-corrected chi connectivity index (χ2v) is 4.55. The number of methoxy groups -OCH3 is 2. The average Bonchev–Trinajstić information content (AvgIpc) is 2.36. The zero-order valence-corrected chi connectivity index (χ0v) is 11.4. The van der Waals surface area contributed by atoms with Gasteiger partial charge in [0.2, 0.25) is 5.91 Å². The van der Waals surface area contributed by atoms with Crippen molar-refractivity contribution in [2.45, 2.75) is 26.7 Å². The van der Waals surface area contributed by atoms with Gasteiger partial charge >= 0.3 is 0 Å². The second kappa shape index (κ2) is 6.89. The average molecular weight is 251 g/mol. The molecule has 4 heteroatoms. The smallest absolute Gasteiger partial charge is 0.224 e. The molecule has 0 saturated carbocycles. The van der Waals surface area contributed by atoms with Gasteiger partial charge in [0.05, 0.1) is 19.9 Å². The summed E-state index contributed by atoms with van der Waals surface area (Å²) in [5.41, 5.74) is 0.644. The third kappa shape index (κ3) is 4.28. The molecule has 0 spiro atoms. The molecule has 1 rings (SSSR count). The Labute approximate surface area is 108 Å². The molecule has 0 aliphatic heterocycles. The molecule has 0 atom stereocenters. The third-order valence-electron chi connectivity index (χ3n) is 2.63. The Kier molecular flexibility index (Phi) is 5.49. The van der Waals surface area contributed by atoms with E-state index in [9.17, 15) is 4.79 Å². The Morgan fingerprint density at radius 2 is 2.00 bits per heavy atom. The molecule has 0 fully saturated rings. The van der Waals surface area contributed by atoms with Gasteiger partial charge in [0.15, 0.2) is 0 Å². The van der Waals surface area contributed by atoms with Crippen molar-refractivity contribution >= 4 is 11.6 Å². The maximum absolute atomic E-state index is 11.8. The zero-order chi connectivity index (χ0) is 13.5. The van der Waals surface area contributed by atoms with Gasteiger partial charge in [0.1, 0.15) is 11.5 Å². The number of hydrogen-bond acceptors (Lipinski definition) is 3. The molecule has 0 aliphatic carbocycles. The first-order valence-electron chi connectivity index (χ1n) is 6.08. The molecular weight excluding hydrogens is 230 g/mol. The largest absolute Gasteiger partial charge is 0.497 e. The molecular formula is C14H21NO3. The number of benzene rings is 1. The summed E-state index contributed by atoms with van der Waals surface area (Å²) < 4.78 is 10.3. The van der Waals surface area contributed by atoms with Gasteiger partial charge in [-0.15, -0.1) is 0 Å². The highest BCUT2D eigenvalue weighted by molar-refractivity contribution is 5.92. The number of hydrogen-bond donors (Lipinski definition) is 1. The summed E-state index contributed by atoms with van der Waals surface area (Å²) in [6.07, 6.45) is 1.39. The summed E-state index contributed by atoms with van der Waals surface area (Å²) in [7, 11) is 3.16. The normalized spacial score (nSPS) is 10.3. The molecule has 0 unspecified atom stereocenters. The van der Waals surface area contributed by atoms with Crippen LogP contribution in [0.1, 0.15) is 26.7 Å². The van der Waals surface area contributed by atoms with E-state index in [4.69, 9.17) is 9.47 Å². The van der Waals surface area contributed by atoms with Crippen molar-refractivity contribution in [1.82, 2.24) is 0 Å². The van der Waals surface area contributed by atoms with Crippen LogP contribution < -0.4 is 14.8 Å². The fourth-order valence-corrected chi connectivity index (χ4v) is 1.54. The number of nitrogens with one attached hydrogen (secondary N) is 1. The fourth-order valence-electron chi connectivity index (χ4n) is 1.54. The van der Waals surface area contributed by atoms with Crippen molar-refractivity contribution in [1.29, 1.82) is 0 Å². The minimum absolute atomic E-state index is 0.00440. The van der Waals surface area contributed by atoms with Gasteiger partial charge in [-0.25, -0.2) is 0 Å². The molecule has 0 saturated heterocycles. The lowest BCUT2D eigenvalue weighted by Gasteiger charge is -2.12. The quantitative estimate of drug-likeness (QED) is 0.845. The highest BCUT2D eigenvalue weighted by Crippen LogP contribution is 2.29. The van der Waals surface area contributed by atoms with Crippen LogP contribution in [-0.4, -0.2) is 20.1 Å². The van der Waals surface area contributed by atoms with Crippen molar-refractivity contribution in [3.8, 4) is 11.5 Å². The Hall–Kier alpha value is -1.71. The second-order valence-electron chi connectivity index (χ2n) is 4.55. The summed E-state index contributed by atoms with van der Waals surface area (Å²) in [6, 6.07) is 5.33. The number of carbonyl (C=O) groups excluding carboxylic acids is 1. The molecule has 0 aromatic heterocycles. The minimum Gasteiger partial charge on any atom is -0.497 e. The van der Waals surface area contributed by atoms with Crippen LogP contribution in [0.2, 0.25) is 0 Å². The molecule has 1 aromatic rings. The summed E-state index contributed by atoms with van der Waals surface area (Å²) in [4.78, 5) is 11.8. The molecule has 18 heavy (non-hydrogen) atoms. The highest BCUT2D eigenvalue weighted by atomic mass is 16.5. The lowest BCUT2D eigenvalue weighted by atomic mass is 10.1. The first-order valence-corrected chi connectivity index (χ1v) is 6.08. The summed E-state index contributed by atoms with van der Waals surface area (Å²) in [5, 5.41) is 2.85. The van der Waals surface area contributed by atoms with Gasteiger partial charge in [-0.1, -0.05) is 13.8 Å². The van der Waals surface area contributed by atoms with Gasteiger partial charge in [-0.3, -0.25) is 4.79 Å². The molecule has 1 amide bonds. The van der Waals surface area contributed by atoms with E-state index in [1.54, 1.807) is 32.4 Å². The van der Waals surface area contributed by atoms with Gasteiger partial charge in [0.25, 0.3) is 0 Å². The van der Waals surface area contributed by atoms with E-state index in [1.807, 2.05) is 0 Å². The first-order chi connectivity index (χ1) is 8.56. The summed E-state index contributed by atoms with van der Waals surface area (Å²) in [6.45, 7) is 4.19. The highest BCUT2D eigenvalue weighted by Gasteiger charge is 2.09. The molecule has 4 nitrogen and oxygen atoms in total. The predicted octanol–water partition coefficient (Wildman–Crippen LogP) is 3.08. The SMILES string of the molecule is COc1ccc(OC)c(NC(=O)CCC(C)C)c1. The molecule has 0 aliphatic rings. The van der Waals surface area contributed by atoms with Crippen molar-refractivity contribution in [3.63, 3.8) is 0 Å². The summed E-state index contributed by atoms with van der Waals surface area (Å²) >= 11 is 0. The Balaban J connectivity index is 2.72. The van der Waals surface area contributed by atoms with E-state index in [-0.39, 0.29) is 5.91 Å². The maximum atomic E-state index is 11.8. The standard InChI is InChI=1S/C14H21NO3/c1-10(2)5-8-14(16)15-12-9-11(17-3)6-7-13(12)18-4/h6-7,9-10H,5,8H2,1-4H3,(H,15,16). The maximum Gasteiger partial charge on any atom is 0.224 e. The van der Waals surface area contributed by atoms with Crippen molar-refractivity contribution in [3.05, 3.63) is 18.2 Å². The van der Waals surface area contributed by atoms with Crippen LogP contribution >= 0.6 is 0 Å². The van der Waals surface area contributed by atoms with E-state index < -0.39 is 0 Å². The van der Waals surface area contributed by atoms with Crippen LogP contribution in [0.4, 0.5) is 5.69 Å². The lowest BCUT2D eigenvalue weighted by Crippen LogP contribution is -2.13. The predicted molar refractivity (Wildman–Crippen MR) is 72.2 cm³/mol. The number of ether oxygens (including phenoxy) is 2. The number of carbonyl (C=O) groups is 1. The minimum atomic E-state index is -0.00440. The van der Waals surface area contributed by atoms with Crippen molar-refractivity contribution in [2.75, 3.05) is 19.5 Å². The van der Waals surface area contributed by atoms with Crippen LogP contribution in [0.5, 0.6) is 11.5 Å². The molecule has 100 valence electrons. The molecule has 0 heterocycles. The van der Waals surface area contributed by atoms with Gasteiger partial charge in [-0.05, 0) is 24.5 Å². The monoisotopic (exact) mass is 251 g/mol. The van der Waals surface area contributed by atoms with Crippen LogP contribution in [0.15, 0.2) is 18.2 Å². The Morgan fingerprint density at radius 1 is 1.28 bits per heavy atom. The Bertz CT molecular complexity index is 402. The third-order valence-corrected chi connectivity index (χ3v) is 2.63. The number of amides is 1. The van der Waals surface area contributed by atoms with E-state index in [1.165, 1.54) is 0 Å². The number of anilines is 1. The van der Waals surface area contributed by atoms with E-state index in [2.05, 4.69) is 19.2 Å². The molecule has 1 aromatic carbocycles. The van der Waals surface area contributed by atoms with Crippen LogP contribution in [0.25, 0.3) is 0 Å². The van der Waals surface area contributed by atoms with Gasteiger partial charge in [0, 0.05) is 12.5 Å². The summed E-state index contributed by atoms with van der Waals surface area (Å²) in [5.74, 6) is 1.84. The molecule has 0 radical (unpaired) electrons. The first kappa shape index (κ1) is 14.4. The van der Waals surface area contributed by atoms with E-state index >= 15 is 0 Å². The van der Waals surface area contributed by atoms with Crippen LogP contribution in [0, 0.1) is 5.92 Å². The van der Waals surface area contributed by atoms with E-state index in [0.29, 0.717) is 29.5 Å². The molecule has 1 N–H and O–H groups in total. The lowest BCUT2D eigenvalue weighted by molar-refractivity contribution is -0.116. The van der Waals surface area contributed by atoms with Crippen molar-refractivity contribution < 1.29 is 14.3 Å². The zero-order valence-electron chi connectivity index (χ0n) is 11.4. The fraction of sp³-hybridized carbons (Fsp3) is 0.500. The van der Waals surface area contributed by atoms with Crippen molar-refractivity contribution in [2.24, 2.45) is 5.92 Å². The molecule has 0 bridgehead atoms. The topological polar surface area (TPSA) is 47.6 Å².